The first-order chi connectivity index (χ1) is 31.8. The number of nitrogens with one attached hydrogen (secondary N) is 5. The van der Waals surface area contributed by atoms with E-state index in [1.807, 2.05) is 11.9 Å². The van der Waals surface area contributed by atoms with E-state index >= 15 is 0 Å². The van der Waals surface area contributed by atoms with Crippen molar-refractivity contribution in [2.45, 2.75) is 106 Å². The van der Waals surface area contributed by atoms with Gasteiger partial charge < -0.3 is 50.5 Å². The van der Waals surface area contributed by atoms with Gasteiger partial charge in [-0.3, -0.25) is 0 Å². The van der Waals surface area contributed by atoms with E-state index in [-0.39, 0.29) is 75.9 Å². The van der Waals surface area contributed by atoms with Crippen LogP contribution in [0.25, 0.3) is 0 Å². The molecular formula is C43H41F10N5O10S. The first kappa shape index (κ1) is 51.8. The number of hydrogen-bond donors (Lipinski definition) is 10. The number of carboxylic acids is 5. The van der Waals surface area contributed by atoms with E-state index in [0.29, 0.717) is 21.6 Å². The van der Waals surface area contributed by atoms with E-state index in [9.17, 15) is 67.9 Å². The van der Waals surface area contributed by atoms with Gasteiger partial charge in [-0.15, -0.1) is 11.8 Å². The number of hydrogen-bond acceptors (Lipinski definition) is 6. The average Bonchev–Trinajstić information content (AvgIpc) is 4.10. The molecule has 0 radical (unpaired) electrons. The molecule has 0 saturated carbocycles. The summed E-state index contributed by atoms with van der Waals surface area (Å²) in [5, 5.41) is 43.0. The molecule has 26 heteroatoms. The number of aromatic amines is 5. The van der Waals surface area contributed by atoms with E-state index in [1.165, 1.54) is 32.0 Å². The maximum Gasteiger partial charge on any atom is 0.355 e. The molecule has 5 aliphatic rings. The molecule has 0 amide bonds. The van der Waals surface area contributed by atoms with Gasteiger partial charge in [0.15, 0.2) is 23.0 Å². The quantitative estimate of drug-likeness (QED) is 0.0740. The number of thioether (sulfide) groups is 1. The van der Waals surface area contributed by atoms with Crippen LogP contribution in [0.2, 0.25) is 0 Å². The summed E-state index contributed by atoms with van der Waals surface area (Å²) in [5.74, 6) is -21.9. The maximum atomic E-state index is 13.4. The molecule has 6 heterocycles. The molecule has 4 atom stereocenters. The summed E-state index contributed by atoms with van der Waals surface area (Å²) < 4.78 is 133. The van der Waals surface area contributed by atoms with Crippen LogP contribution in [0.3, 0.4) is 0 Å². The van der Waals surface area contributed by atoms with Gasteiger partial charge in [0, 0.05) is 40.5 Å². The number of alkyl halides is 8. The van der Waals surface area contributed by atoms with Crippen molar-refractivity contribution in [1.82, 2.24) is 24.9 Å². The van der Waals surface area contributed by atoms with E-state index in [1.54, 1.807) is 6.92 Å². The fourth-order valence-corrected chi connectivity index (χ4v) is 9.74. The molecule has 10 N–H and O–H groups in total. The second kappa shape index (κ2) is 18.4. The summed E-state index contributed by atoms with van der Waals surface area (Å²) in [7, 11) is 0. The van der Waals surface area contributed by atoms with Gasteiger partial charge in [0.05, 0.1) is 22.8 Å². The third-order valence-electron chi connectivity index (χ3n) is 12.1. The molecular weight excluding hydrogens is 969 g/mol. The standard InChI is InChI=1S/C9H8F3NO2.2C9H9F2NO2.C9H10FNO2.C7H5F2NO2S/c1-3-2-9(11,12)7-4(3)5(10)6(13-7)8(14)15;1-4-3-9(10,11)7-5(4)2-6(12-7)8(13)14;1-4-2-5-3-6(8(13)14)12-7(5)9(4,10)11;1-4-2-3-5-6(4)7(10)8(11-5)9(12)13;8-7(9)2-13-4-1-3(6(11)12)10-5(4)7/h3,13H,2H2,1H3,(H,14,15);2,4,12H,3H2,1H3,(H,13,14);3-4,12H,2H2,1H3,(H,13,14);4,11H,2-3H2,1H3,(H,12,13);1,10H,2H2,(H,11,12)/t3-;3*4-;/m0010./s1. The monoisotopic (exact) mass is 1010 g/mol. The van der Waals surface area contributed by atoms with Crippen molar-refractivity contribution in [3.05, 3.63) is 109 Å². The van der Waals surface area contributed by atoms with Gasteiger partial charge in [-0.1, -0.05) is 27.7 Å². The van der Waals surface area contributed by atoms with Gasteiger partial charge in [-0.25, -0.2) is 32.8 Å². The molecule has 10 rings (SSSR count). The lowest BCUT2D eigenvalue weighted by Gasteiger charge is -2.14. The number of H-pyrrole nitrogens is 5. The minimum atomic E-state index is -3.16. The fourth-order valence-electron chi connectivity index (χ4n) is 8.71. The van der Waals surface area contributed by atoms with E-state index in [4.69, 9.17) is 25.5 Å². The summed E-state index contributed by atoms with van der Waals surface area (Å²) in [6.07, 6.45) is 1.16. The Morgan fingerprint density at radius 2 is 1.06 bits per heavy atom. The third kappa shape index (κ3) is 9.84. The molecule has 0 spiro atoms. The lowest BCUT2D eigenvalue weighted by Crippen LogP contribution is -2.19. The Bertz CT molecular complexity index is 2860. The van der Waals surface area contributed by atoms with Crippen molar-refractivity contribution < 1.29 is 93.4 Å². The zero-order valence-electron chi connectivity index (χ0n) is 36.2. The van der Waals surface area contributed by atoms with Gasteiger partial charge >= 0.3 is 29.8 Å². The molecule has 0 bridgehead atoms. The fraction of sp³-hybridized carbons (Fsp3) is 0.419. The van der Waals surface area contributed by atoms with Crippen molar-refractivity contribution in [2.75, 3.05) is 5.75 Å². The minimum absolute atomic E-state index is 0.138. The third-order valence-corrected chi connectivity index (χ3v) is 13.3. The number of aromatic carboxylic acids is 5. The molecule has 69 heavy (non-hydrogen) atoms. The Balaban J connectivity index is 0.000000142. The number of aryl methyl sites for hydroxylation is 1. The second-order valence-corrected chi connectivity index (χ2v) is 18.2. The van der Waals surface area contributed by atoms with Crippen molar-refractivity contribution in [1.29, 1.82) is 0 Å². The average molecular weight is 1010 g/mol. The zero-order chi connectivity index (χ0) is 51.6. The molecule has 374 valence electrons. The molecule has 0 aromatic carbocycles. The van der Waals surface area contributed by atoms with Crippen LogP contribution in [0.15, 0.2) is 23.1 Å². The smallest absolute Gasteiger partial charge is 0.355 e. The van der Waals surface area contributed by atoms with Crippen LogP contribution in [0.1, 0.15) is 168 Å². The Morgan fingerprint density at radius 1 is 0.565 bits per heavy atom. The number of carboxylic acid groups (broad SMARTS) is 5. The van der Waals surface area contributed by atoms with Crippen LogP contribution in [0.4, 0.5) is 43.9 Å². The van der Waals surface area contributed by atoms with Crippen LogP contribution in [0, 0.1) is 17.6 Å². The van der Waals surface area contributed by atoms with Gasteiger partial charge in [0.2, 0.25) is 0 Å². The van der Waals surface area contributed by atoms with Crippen molar-refractivity contribution >= 4 is 41.6 Å². The molecule has 4 aliphatic carbocycles. The first-order valence-electron chi connectivity index (χ1n) is 20.6. The van der Waals surface area contributed by atoms with Crippen LogP contribution in [0.5, 0.6) is 0 Å². The SMILES string of the molecule is C[C@@H]1Cc2cc(C(=O)O)[nH]c2C1(F)F.C[C@H]1CC(F)(F)c2[nH]c(C(=O)O)c(F)c21.C[C@H]1CC(F)(F)c2[nH]c(C(=O)O)cc21.C[C@H]1CCc2[nH]c(C(=O)O)c(F)c21.O=C(O)c1cc2c([nH]1)C(F)(F)CS2. The predicted octanol–water partition coefficient (Wildman–Crippen LogP) is 10.6. The number of fused-ring (bicyclic) bond motifs is 5. The molecule has 5 aromatic heterocycles. The summed E-state index contributed by atoms with van der Waals surface area (Å²) in [6.45, 7) is 6.48. The molecule has 15 nitrogen and oxygen atoms in total. The van der Waals surface area contributed by atoms with Crippen LogP contribution in [-0.2, 0) is 36.5 Å². The topological polar surface area (TPSA) is 265 Å². The largest absolute Gasteiger partial charge is 0.477 e. The highest BCUT2D eigenvalue weighted by Crippen LogP contribution is 2.51. The van der Waals surface area contributed by atoms with E-state index in [0.717, 1.165) is 30.3 Å². The summed E-state index contributed by atoms with van der Waals surface area (Å²) >= 11 is 0.968. The number of carbonyl (C=O) groups is 5. The van der Waals surface area contributed by atoms with Gasteiger partial charge in [0.25, 0.3) is 23.7 Å². The lowest BCUT2D eigenvalue weighted by atomic mass is 10.1. The molecule has 5 aromatic rings. The lowest BCUT2D eigenvalue weighted by molar-refractivity contribution is -0.0487. The van der Waals surface area contributed by atoms with Crippen LogP contribution in [-0.4, -0.2) is 86.1 Å². The van der Waals surface area contributed by atoms with Gasteiger partial charge in [-0.2, -0.15) is 35.1 Å². The van der Waals surface area contributed by atoms with Gasteiger partial charge in [0.1, 0.15) is 22.8 Å². The highest BCUT2D eigenvalue weighted by atomic mass is 32.2. The van der Waals surface area contributed by atoms with Crippen LogP contribution >= 0.6 is 11.8 Å². The first-order valence-corrected chi connectivity index (χ1v) is 21.6. The van der Waals surface area contributed by atoms with Crippen molar-refractivity contribution in [3.63, 3.8) is 0 Å². The molecule has 0 saturated heterocycles. The minimum Gasteiger partial charge on any atom is -0.477 e. The highest BCUT2D eigenvalue weighted by molar-refractivity contribution is 7.99. The van der Waals surface area contributed by atoms with Crippen molar-refractivity contribution in [3.8, 4) is 0 Å². The maximum absolute atomic E-state index is 13.4. The number of halogens is 10. The number of rotatable bonds is 5. The summed E-state index contributed by atoms with van der Waals surface area (Å²) in [5.41, 5.74) is -0.962. The predicted molar refractivity (Wildman–Crippen MR) is 221 cm³/mol. The number of aromatic nitrogens is 5. The van der Waals surface area contributed by atoms with Crippen LogP contribution < -0.4 is 0 Å². The molecule has 1 aliphatic heterocycles. The zero-order valence-corrected chi connectivity index (χ0v) is 37.1. The highest BCUT2D eigenvalue weighted by Gasteiger charge is 2.50. The van der Waals surface area contributed by atoms with Gasteiger partial charge in [-0.05, 0) is 66.3 Å². The Kier molecular flexibility index (Phi) is 13.8. The molecule has 0 unspecified atom stereocenters. The van der Waals surface area contributed by atoms with E-state index < -0.39 is 94.8 Å². The Hall–Kier alpha value is -6.60. The Morgan fingerprint density at radius 3 is 1.57 bits per heavy atom. The normalized spacial score (nSPS) is 21.8. The van der Waals surface area contributed by atoms with E-state index in [2.05, 4.69) is 19.9 Å². The Labute approximate surface area is 386 Å². The summed E-state index contributed by atoms with van der Waals surface area (Å²) in [6, 6.07) is 3.82. The van der Waals surface area contributed by atoms with Crippen molar-refractivity contribution in [2.24, 2.45) is 5.92 Å². The second-order valence-electron chi connectivity index (χ2n) is 17.1. The molecule has 0 fully saturated rings. The summed E-state index contributed by atoms with van der Waals surface area (Å²) in [4.78, 5) is 64.2.